The molecule has 1 amide bonds. The van der Waals surface area contributed by atoms with Crippen LogP contribution in [0.4, 0.5) is 0 Å². The van der Waals surface area contributed by atoms with E-state index >= 15 is 0 Å². The summed E-state index contributed by atoms with van der Waals surface area (Å²) in [5.41, 5.74) is 1.15. The molecule has 118 valence electrons. The van der Waals surface area contributed by atoms with E-state index in [0.717, 1.165) is 10.7 Å². The zero-order valence-electron chi connectivity index (χ0n) is 12.6. The first-order valence-corrected chi connectivity index (χ1v) is 7.09. The molecule has 0 aliphatic rings. The predicted molar refractivity (Wildman–Crippen MR) is 90.2 cm³/mol. The number of nitrogens with one attached hydrogen (secondary N) is 2. The van der Waals surface area contributed by atoms with Crippen LogP contribution < -0.4 is 10.6 Å². The van der Waals surface area contributed by atoms with Crippen LogP contribution in [0.5, 0.6) is 0 Å². The van der Waals surface area contributed by atoms with Crippen LogP contribution in [0.25, 0.3) is 0 Å². The fourth-order valence-electron chi connectivity index (χ4n) is 1.47. The van der Waals surface area contributed by atoms with E-state index in [0.29, 0.717) is 13.1 Å². The van der Waals surface area contributed by atoms with E-state index in [-0.39, 0.29) is 42.1 Å². The Balaban J connectivity index is 0. The van der Waals surface area contributed by atoms with E-state index in [1.807, 2.05) is 14.0 Å². The van der Waals surface area contributed by atoms with E-state index in [4.69, 9.17) is 0 Å². The molecule has 0 aliphatic heterocycles. The van der Waals surface area contributed by atoms with Crippen molar-refractivity contribution in [1.29, 1.82) is 0 Å². The summed E-state index contributed by atoms with van der Waals surface area (Å²) < 4.78 is 0. The highest BCUT2D eigenvalue weighted by atomic mass is 35.5. The Labute approximate surface area is 138 Å². The number of carbonyl (C=O) groups excluding carboxylic acids is 1. The minimum atomic E-state index is -0.0166. The van der Waals surface area contributed by atoms with Gasteiger partial charge < -0.3 is 10.6 Å². The first kappa shape index (κ1) is 21.9. The van der Waals surface area contributed by atoms with E-state index in [1.54, 1.807) is 11.3 Å². The maximum Gasteiger partial charge on any atom is 0.224 e. The molecule has 0 radical (unpaired) electrons. The second-order valence-electron chi connectivity index (χ2n) is 5.55. The zero-order chi connectivity index (χ0) is 13.8. The minimum Gasteiger partial charge on any atom is -0.349 e. The summed E-state index contributed by atoms with van der Waals surface area (Å²) in [5, 5.41) is 8.94. The molecule has 1 aromatic heterocycles. The molecule has 7 heteroatoms. The second kappa shape index (κ2) is 9.55. The van der Waals surface area contributed by atoms with Gasteiger partial charge in [-0.25, -0.2) is 4.98 Å². The molecule has 1 heterocycles. The molecule has 1 aromatic rings. The molecule has 0 saturated heterocycles. The molecule has 0 saturated carbocycles. The van der Waals surface area contributed by atoms with Gasteiger partial charge >= 0.3 is 0 Å². The Morgan fingerprint density at radius 2 is 2.00 bits per heavy atom. The molecule has 0 bridgehead atoms. The topological polar surface area (TPSA) is 54.0 Å². The second-order valence-corrected chi connectivity index (χ2v) is 6.50. The maximum atomic E-state index is 11.7. The smallest absolute Gasteiger partial charge is 0.224 e. The van der Waals surface area contributed by atoms with E-state index in [2.05, 4.69) is 41.8 Å². The molecule has 0 spiro atoms. The minimum absolute atomic E-state index is 0. The molecule has 0 fully saturated rings. The SMILES string of the molecule is CNCC(C)C(=O)NCc1nc(C(C)(C)C)cs1.Cl.Cl. The first-order valence-electron chi connectivity index (χ1n) is 6.21. The Morgan fingerprint density at radius 3 is 2.45 bits per heavy atom. The Bertz CT molecular complexity index is 405. The molecular formula is C13H25Cl2N3OS. The van der Waals surface area contributed by atoms with Gasteiger partial charge in [-0.15, -0.1) is 36.2 Å². The molecule has 2 N–H and O–H groups in total. The van der Waals surface area contributed by atoms with Gasteiger partial charge in [0.2, 0.25) is 5.91 Å². The summed E-state index contributed by atoms with van der Waals surface area (Å²) in [6.45, 7) is 9.54. The van der Waals surface area contributed by atoms with Crippen molar-refractivity contribution < 1.29 is 4.79 Å². The maximum absolute atomic E-state index is 11.7. The van der Waals surface area contributed by atoms with Gasteiger partial charge in [-0.3, -0.25) is 4.79 Å². The summed E-state index contributed by atoms with van der Waals surface area (Å²) in [7, 11) is 1.85. The van der Waals surface area contributed by atoms with Gasteiger partial charge in [0.15, 0.2) is 0 Å². The van der Waals surface area contributed by atoms with Crippen molar-refractivity contribution >= 4 is 42.1 Å². The average Bonchev–Trinajstić information content (AvgIpc) is 2.74. The van der Waals surface area contributed by atoms with Gasteiger partial charge in [-0.1, -0.05) is 27.7 Å². The van der Waals surface area contributed by atoms with Crippen molar-refractivity contribution in [3.8, 4) is 0 Å². The normalized spacial score (nSPS) is 12.1. The molecule has 1 rings (SSSR count). The third kappa shape index (κ3) is 6.88. The molecule has 0 aromatic carbocycles. The third-order valence-corrected chi connectivity index (χ3v) is 3.54. The fraction of sp³-hybridized carbons (Fsp3) is 0.692. The summed E-state index contributed by atoms with van der Waals surface area (Å²) in [6.07, 6.45) is 0. The van der Waals surface area contributed by atoms with Crippen LogP contribution in [0, 0.1) is 5.92 Å². The number of hydrogen-bond acceptors (Lipinski definition) is 4. The largest absolute Gasteiger partial charge is 0.349 e. The van der Waals surface area contributed by atoms with Crippen molar-refractivity contribution in [1.82, 2.24) is 15.6 Å². The van der Waals surface area contributed by atoms with Crippen LogP contribution in [0.2, 0.25) is 0 Å². The summed E-state index contributed by atoms with van der Waals surface area (Å²) >= 11 is 1.60. The van der Waals surface area contributed by atoms with Crippen molar-refractivity contribution in [3.63, 3.8) is 0 Å². The van der Waals surface area contributed by atoms with Crippen molar-refractivity contribution in [2.45, 2.75) is 39.7 Å². The number of carbonyl (C=O) groups is 1. The lowest BCUT2D eigenvalue weighted by atomic mass is 9.93. The van der Waals surface area contributed by atoms with E-state index < -0.39 is 0 Å². The van der Waals surface area contributed by atoms with Crippen LogP contribution in [0.1, 0.15) is 38.4 Å². The highest BCUT2D eigenvalue weighted by Crippen LogP contribution is 2.23. The van der Waals surface area contributed by atoms with Gasteiger partial charge in [0, 0.05) is 23.3 Å². The number of thiazole rings is 1. The van der Waals surface area contributed by atoms with Gasteiger partial charge in [0.05, 0.1) is 12.2 Å². The van der Waals surface area contributed by atoms with E-state index in [1.165, 1.54) is 0 Å². The number of aromatic nitrogens is 1. The number of amides is 1. The average molecular weight is 342 g/mol. The molecular weight excluding hydrogens is 317 g/mol. The van der Waals surface area contributed by atoms with Crippen LogP contribution in [0.15, 0.2) is 5.38 Å². The van der Waals surface area contributed by atoms with Gasteiger partial charge in [0.25, 0.3) is 0 Å². The monoisotopic (exact) mass is 341 g/mol. The first-order chi connectivity index (χ1) is 8.34. The number of nitrogens with zero attached hydrogens (tertiary/aromatic N) is 1. The lowest BCUT2D eigenvalue weighted by molar-refractivity contribution is -0.124. The van der Waals surface area contributed by atoms with Crippen LogP contribution in [-0.2, 0) is 16.8 Å². The summed E-state index contributed by atoms with van der Waals surface area (Å²) in [4.78, 5) is 16.3. The molecule has 4 nitrogen and oxygen atoms in total. The lowest BCUT2D eigenvalue weighted by Gasteiger charge is -2.14. The van der Waals surface area contributed by atoms with Crippen LogP contribution >= 0.6 is 36.2 Å². The standard InChI is InChI=1S/C13H23N3OS.2ClH/c1-9(6-14-5)12(17)15-7-11-16-10(8-18-11)13(2,3)4;;/h8-9,14H,6-7H2,1-5H3,(H,15,17);2*1H. The Kier molecular flexibility index (Phi) is 10.5. The highest BCUT2D eigenvalue weighted by Gasteiger charge is 2.18. The lowest BCUT2D eigenvalue weighted by Crippen LogP contribution is -2.33. The fourth-order valence-corrected chi connectivity index (χ4v) is 2.43. The van der Waals surface area contributed by atoms with Gasteiger partial charge in [-0.05, 0) is 7.05 Å². The third-order valence-electron chi connectivity index (χ3n) is 2.69. The molecule has 1 atom stereocenters. The molecule has 1 unspecified atom stereocenters. The number of rotatable bonds is 5. The van der Waals surface area contributed by atoms with Crippen molar-refractivity contribution in [3.05, 3.63) is 16.1 Å². The van der Waals surface area contributed by atoms with Crippen molar-refractivity contribution in [2.75, 3.05) is 13.6 Å². The number of halogens is 2. The van der Waals surface area contributed by atoms with Gasteiger partial charge in [0.1, 0.15) is 5.01 Å². The molecule has 0 aliphatic carbocycles. The zero-order valence-corrected chi connectivity index (χ0v) is 15.1. The summed E-state index contributed by atoms with van der Waals surface area (Å²) in [6, 6.07) is 0. The van der Waals surface area contributed by atoms with Gasteiger partial charge in [-0.2, -0.15) is 0 Å². The number of hydrogen-bond donors (Lipinski definition) is 2. The Morgan fingerprint density at radius 1 is 1.40 bits per heavy atom. The van der Waals surface area contributed by atoms with Crippen LogP contribution in [0.3, 0.4) is 0 Å². The quantitative estimate of drug-likeness (QED) is 0.865. The van der Waals surface area contributed by atoms with E-state index in [9.17, 15) is 4.79 Å². The Hall–Kier alpha value is -0.360. The molecule has 20 heavy (non-hydrogen) atoms. The summed E-state index contributed by atoms with van der Waals surface area (Å²) in [5.74, 6) is 0.0499. The van der Waals surface area contributed by atoms with Crippen molar-refractivity contribution in [2.24, 2.45) is 5.92 Å². The van der Waals surface area contributed by atoms with Crippen LogP contribution in [-0.4, -0.2) is 24.5 Å². The predicted octanol–water partition coefficient (Wildman–Crippen LogP) is 2.76. The highest BCUT2D eigenvalue weighted by molar-refractivity contribution is 7.09.